The van der Waals surface area contributed by atoms with E-state index in [1.54, 1.807) is 0 Å². The zero-order valence-corrected chi connectivity index (χ0v) is 6.10. The van der Waals surface area contributed by atoms with Gasteiger partial charge in [-0.05, 0) is 0 Å². The zero-order valence-electron chi connectivity index (χ0n) is 4.51. The van der Waals surface area contributed by atoms with Gasteiger partial charge < -0.3 is 0 Å². The topological polar surface area (TPSA) is 25.8 Å². The Morgan fingerprint density at radius 2 is 2.33 bits per heavy atom. The lowest BCUT2D eigenvalue weighted by molar-refractivity contribution is 0.577. The fourth-order valence-electron chi connectivity index (χ4n) is 0.443. The fourth-order valence-corrected chi connectivity index (χ4v) is 0.750. The van der Waals surface area contributed by atoms with Gasteiger partial charge in [0.15, 0.2) is 0 Å². The van der Waals surface area contributed by atoms with E-state index in [1.807, 2.05) is 0 Å². The Hall–Kier alpha value is -0.510. The average molecular weight is 191 g/mol. The Labute approximate surface area is 60.3 Å². The van der Waals surface area contributed by atoms with E-state index < -0.39 is 5.95 Å². The highest BCUT2D eigenvalue weighted by Gasteiger charge is 1.92. The quantitative estimate of drug-likeness (QED) is 0.496. The monoisotopic (exact) mass is 190 g/mol. The van der Waals surface area contributed by atoms with Crippen LogP contribution in [-0.4, -0.2) is 9.97 Å². The first-order valence-electron chi connectivity index (χ1n) is 2.35. The molecule has 0 fully saturated rings. The fraction of sp³-hybridized carbons (Fsp3) is 0.200. The predicted octanol–water partition coefficient (Wildman–Crippen LogP) is 1.51. The molecule has 0 aromatic carbocycles. The first-order chi connectivity index (χ1) is 4.33. The molecule has 0 atom stereocenters. The van der Waals surface area contributed by atoms with Gasteiger partial charge in [-0.1, -0.05) is 15.9 Å². The van der Waals surface area contributed by atoms with Crippen molar-refractivity contribution in [3.8, 4) is 0 Å². The number of hydrogen-bond donors (Lipinski definition) is 0. The summed E-state index contributed by atoms with van der Waals surface area (Å²) in [7, 11) is 0. The van der Waals surface area contributed by atoms with Crippen LogP contribution < -0.4 is 0 Å². The van der Waals surface area contributed by atoms with Gasteiger partial charge in [-0.3, -0.25) is 0 Å². The lowest BCUT2D eigenvalue weighted by Gasteiger charge is -1.90. The van der Waals surface area contributed by atoms with Crippen molar-refractivity contribution in [1.82, 2.24) is 9.97 Å². The van der Waals surface area contributed by atoms with Crippen LogP contribution in [0.25, 0.3) is 0 Å². The van der Waals surface area contributed by atoms with E-state index in [4.69, 9.17) is 0 Å². The lowest BCUT2D eigenvalue weighted by atomic mass is 10.5. The predicted molar refractivity (Wildman–Crippen MR) is 34.6 cm³/mol. The van der Waals surface area contributed by atoms with E-state index in [1.165, 1.54) is 12.4 Å². The van der Waals surface area contributed by atoms with Crippen molar-refractivity contribution in [2.24, 2.45) is 0 Å². The van der Waals surface area contributed by atoms with Gasteiger partial charge in [-0.25, -0.2) is 9.97 Å². The Kier molecular flexibility index (Phi) is 2.10. The normalized spacial score (nSPS) is 9.56. The smallest absolute Gasteiger partial charge is 0.216 e. The van der Waals surface area contributed by atoms with Gasteiger partial charge in [0, 0.05) is 11.4 Å². The molecule has 0 saturated heterocycles. The molecule has 0 aliphatic rings. The highest BCUT2D eigenvalue weighted by molar-refractivity contribution is 9.08. The number of halogens is 2. The summed E-state index contributed by atoms with van der Waals surface area (Å²) in [5.41, 5.74) is 0.655. The van der Waals surface area contributed by atoms with Crippen molar-refractivity contribution in [2.45, 2.75) is 5.33 Å². The summed E-state index contributed by atoms with van der Waals surface area (Å²) < 4.78 is 12.2. The second kappa shape index (κ2) is 2.87. The van der Waals surface area contributed by atoms with Gasteiger partial charge in [0.2, 0.25) is 5.95 Å². The summed E-state index contributed by atoms with van der Waals surface area (Å²) in [4.78, 5) is 7.05. The van der Waals surface area contributed by atoms with Crippen LogP contribution in [-0.2, 0) is 5.33 Å². The van der Waals surface area contributed by atoms with Crippen molar-refractivity contribution >= 4 is 15.9 Å². The van der Waals surface area contributed by atoms with E-state index in [0.29, 0.717) is 11.0 Å². The molecule has 0 aliphatic heterocycles. The SMILES string of the molecule is Fc1cc(CBr)ncn1. The van der Waals surface area contributed by atoms with Gasteiger partial charge in [0.05, 0.1) is 5.69 Å². The zero-order chi connectivity index (χ0) is 6.69. The molecule has 0 N–H and O–H groups in total. The minimum absolute atomic E-state index is 0.487. The van der Waals surface area contributed by atoms with Crippen LogP contribution >= 0.6 is 15.9 Å². The molecular formula is C5H4BrFN2. The number of alkyl halides is 1. The Morgan fingerprint density at radius 3 is 2.78 bits per heavy atom. The molecule has 9 heavy (non-hydrogen) atoms. The number of hydrogen-bond acceptors (Lipinski definition) is 2. The largest absolute Gasteiger partial charge is 0.240 e. The third kappa shape index (κ3) is 1.71. The van der Waals surface area contributed by atoms with Crippen LogP contribution in [0.2, 0.25) is 0 Å². The first-order valence-corrected chi connectivity index (χ1v) is 3.47. The first kappa shape index (κ1) is 6.61. The highest BCUT2D eigenvalue weighted by Crippen LogP contribution is 2.00. The standard InChI is InChI=1S/C5H4BrFN2/c6-2-4-1-5(7)9-3-8-4/h1,3H,2H2. The highest BCUT2D eigenvalue weighted by atomic mass is 79.9. The third-order valence-corrected chi connectivity index (χ3v) is 1.40. The summed E-state index contributed by atoms with van der Waals surface area (Å²) >= 11 is 3.13. The molecule has 4 heteroatoms. The van der Waals surface area contributed by atoms with Crippen LogP contribution in [0, 0.1) is 5.95 Å². The molecule has 0 saturated carbocycles. The van der Waals surface area contributed by atoms with E-state index >= 15 is 0 Å². The molecule has 1 aromatic heterocycles. The van der Waals surface area contributed by atoms with Crippen molar-refractivity contribution in [1.29, 1.82) is 0 Å². The molecule has 0 bridgehead atoms. The number of rotatable bonds is 1. The molecule has 0 radical (unpaired) electrons. The van der Waals surface area contributed by atoms with Crippen LogP contribution in [0.5, 0.6) is 0 Å². The van der Waals surface area contributed by atoms with Crippen molar-refractivity contribution in [3.63, 3.8) is 0 Å². The second-order valence-electron chi connectivity index (χ2n) is 1.47. The van der Waals surface area contributed by atoms with Gasteiger partial charge in [0.25, 0.3) is 0 Å². The summed E-state index contributed by atoms with van der Waals surface area (Å²) in [5.74, 6) is -0.487. The minimum atomic E-state index is -0.487. The third-order valence-electron chi connectivity index (χ3n) is 0.827. The lowest BCUT2D eigenvalue weighted by Crippen LogP contribution is -1.88. The summed E-state index contributed by atoms with van der Waals surface area (Å²) in [6, 6.07) is 1.29. The molecule has 0 unspecified atom stereocenters. The number of aromatic nitrogens is 2. The minimum Gasteiger partial charge on any atom is -0.240 e. The molecule has 1 rings (SSSR count). The summed E-state index contributed by atoms with van der Waals surface area (Å²) in [5, 5.41) is 0.562. The summed E-state index contributed by atoms with van der Waals surface area (Å²) in [6.45, 7) is 0. The second-order valence-corrected chi connectivity index (χ2v) is 2.03. The van der Waals surface area contributed by atoms with Gasteiger partial charge in [-0.15, -0.1) is 0 Å². The Morgan fingerprint density at radius 1 is 1.56 bits per heavy atom. The maximum Gasteiger partial charge on any atom is 0.216 e. The molecule has 0 aliphatic carbocycles. The van der Waals surface area contributed by atoms with Gasteiger partial charge >= 0.3 is 0 Å². The van der Waals surface area contributed by atoms with E-state index in [2.05, 4.69) is 25.9 Å². The molecule has 1 heterocycles. The maximum atomic E-state index is 12.2. The van der Waals surface area contributed by atoms with Crippen LogP contribution in [0.15, 0.2) is 12.4 Å². The van der Waals surface area contributed by atoms with Crippen LogP contribution in [0.3, 0.4) is 0 Å². The average Bonchev–Trinajstić information content (AvgIpc) is 1.88. The molecule has 0 spiro atoms. The molecular weight excluding hydrogens is 187 g/mol. The van der Waals surface area contributed by atoms with Crippen LogP contribution in [0.4, 0.5) is 4.39 Å². The molecule has 48 valence electrons. The Balaban J connectivity index is 2.94. The van der Waals surface area contributed by atoms with Crippen molar-refractivity contribution < 1.29 is 4.39 Å². The Bertz CT molecular complexity index is 204. The van der Waals surface area contributed by atoms with Crippen LogP contribution in [0.1, 0.15) is 5.69 Å². The van der Waals surface area contributed by atoms with Gasteiger partial charge in [-0.2, -0.15) is 4.39 Å². The van der Waals surface area contributed by atoms with Crippen molar-refractivity contribution in [2.75, 3.05) is 0 Å². The number of nitrogens with zero attached hydrogens (tertiary/aromatic N) is 2. The van der Waals surface area contributed by atoms with Gasteiger partial charge in [0.1, 0.15) is 6.33 Å². The maximum absolute atomic E-state index is 12.2. The molecule has 1 aromatic rings. The van der Waals surface area contributed by atoms with E-state index in [0.717, 1.165) is 0 Å². The summed E-state index contributed by atoms with van der Waals surface area (Å²) in [6.07, 6.45) is 1.20. The van der Waals surface area contributed by atoms with Crippen molar-refractivity contribution in [3.05, 3.63) is 24.0 Å². The molecule has 2 nitrogen and oxygen atoms in total. The molecule has 0 amide bonds. The van der Waals surface area contributed by atoms with E-state index in [-0.39, 0.29) is 0 Å². The van der Waals surface area contributed by atoms with E-state index in [9.17, 15) is 4.39 Å².